The van der Waals surface area contributed by atoms with Crippen molar-refractivity contribution < 1.29 is 45.1 Å². The number of halogens is 3. The quantitative estimate of drug-likeness (QED) is 0.100. The van der Waals surface area contributed by atoms with Gasteiger partial charge in [-0.25, -0.2) is 18.4 Å². The number of furan rings is 1. The molecule has 338 valence electrons. The van der Waals surface area contributed by atoms with Crippen LogP contribution >= 0.6 is 11.3 Å². The summed E-state index contributed by atoms with van der Waals surface area (Å²) < 4.78 is 81.6. The lowest BCUT2D eigenvalue weighted by Crippen LogP contribution is -2.48. The Labute approximate surface area is 373 Å². The summed E-state index contributed by atoms with van der Waals surface area (Å²) in [5, 5.41) is 2.84. The number of benzene rings is 2. The monoisotopic (exact) mass is 917 g/mol. The van der Waals surface area contributed by atoms with Crippen LogP contribution in [0.2, 0.25) is 0 Å². The fraction of sp³-hybridized carbons (Fsp3) is 0.489. The van der Waals surface area contributed by atoms with E-state index in [4.69, 9.17) is 19.1 Å². The number of Topliss-reactive ketones (excluding diaryl/α,β-unsaturated/α-hetero) is 1. The molecule has 1 N–H and O–H groups in total. The standard InChI is InChI=1S/C47H50F3N5O7S2/c1-4-29-22-46(29,45(58)54-64(59,60)32-18-19-32)23-37(56)36-20-31(24-55(36)44(57)34(27-10-6-5-7-11-27)21-39-51-35(25-63-39)26(2)3)61-43-41-40(33-12-8-9-13-38(33)62-41)52-42(53-43)28-14-16-30(17-15-28)47(48,49)50/h4,8-9,12-17,25-27,29,31-32,34,36H,1,5-7,10-11,18-24H2,2-3H3,(H,54,58)/t29-,31-,34+,36+,46-/m1/s1. The molecule has 12 nitrogen and oxygen atoms in total. The van der Waals surface area contributed by atoms with E-state index in [9.17, 15) is 31.2 Å². The third kappa shape index (κ3) is 8.69. The lowest BCUT2D eigenvalue weighted by Gasteiger charge is -2.34. The zero-order valence-corrected chi connectivity index (χ0v) is 37.2. The van der Waals surface area contributed by atoms with Crippen molar-refractivity contribution >= 4 is 61.0 Å². The number of thiazole rings is 1. The highest BCUT2D eigenvalue weighted by atomic mass is 32.2. The highest BCUT2D eigenvalue weighted by Crippen LogP contribution is 2.57. The van der Waals surface area contributed by atoms with E-state index in [0.29, 0.717) is 41.3 Å². The zero-order valence-electron chi connectivity index (χ0n) is 35.6. The Bertz CT molecular complexity index is 2730. The maximum Gasteiger partial charge on any atom is 0.416 e. The second kappa shape index (κ2) is 17.0. The van der Waals surface area contributed by atoms with Crippen molar-refractivity contribution in [3.63, 3.8) is 0 Å². The maximum atomic E-state index is 15.3. The van der Waals surface area contributed by atoms with Gasteiger partial charge in [-0.15, -0.1) is 17.9 Å². The number of sulfonamides is 1. The largest absolute Gasteiger partial charge is 0.470 e. The average Bonchev–Trinajstić information content (AvgIpc) is 4.11. The summed E-state index contributed by atoms with van der Waals surface area (Å²) in [6.07, 6.45) is 2.19. The van der Waals surface area contributed by atoms with Gasteiger partial charge in [-0.3, -0.25) is 19.1 Å². The minimum atomic E-state index is -4.55. The normalized spacial score (nSPS) is 23.4. The molecule has 5 aromatic rings. The van der Waals surface area contributed by atoms with Crippen LogP contribution in [0.4, 0.5) is 13.2 Å². The van der Waals surface area contributed by atoms with Crippen molar-refractivity contribution in [3.8, 4) is 17.3 Å². The van der Waals surface area contributed by atoms with Crippen molar-refractivity contribution in [2.45, 2.75) is 114 Å². The molecule has 0 unspecified atom stereocenters. The van der Waals surface area contributed by atoms with Gasteiger partial charge in [0.05, 0.1) is 39.5 Å². The Hall–Kier alpha value is -5.16. The highest BCUT2D eigenvalue weighted by molar-refractivity contribution is 7.90. The number of rotatable bonds is 15. The van der Waals surface area contributed by atoms with Gasteiger partial charge >= 0.3 is 6.18 Å². The minimum absolute atomic E-state index is 0.00975. The maximum absolute atomic E-state index is 15.3. The predicted octanol–water partition coefficient (Wildman–Crippen LogP) is 9.19. The molecule has 2 amide bonds. The van der Waals surface area contributed by atoms with E-state index < -0.39 is 68.1 Å². The lowest BCUT2D eigenvalue weighted by atomic mass is 9.77. The zero-order chi connectivity index (χ0) is 45.1. The third-order valence-electron chi connectivity index (χ3n) is 13.5. The molecule has 3 saturated carbocycles. The summed E-state index contributed by atoms with van der Waals surface area (Å²) >= 11 is 1.52. The number of allylic oxidation sites excluding steroid dienone is 1. The van der Waals surface area contributed by atoms with E-state index in [-0.39, 0.29) is 60.8 Å². The topological polar surface area (TPSA) is 162 Å². The average molecular weight is 918 g/mol. The van der Waals surface area contributed by atoms with Gasteiger partial charge in [0.15, 0.2) is 11.6 Å². The van der Waals surface area contributed by atoms with E-state index in [0.717, 1.165) is 54.9 Å². The van der Waals surface area contributed by atoms with E-state index in [1.165, 1.54) is 23.5 Å². The van der Waals surface area contributed by atoms with Crippen LogP contribution in [0.25, 0.3) is 33.5 Å². The molecule has 4 heterocycles. The number of nitrogens with zero attached hydrogens (tertiary/aromatic N) is 4. The number of nitrogens with one attached hydrogen (secondary N) is 1. The number of ether oxygens (including phenoxy) is 1. The number of aromatic nitrogens is 3. The number of fused-ring (bicyclic) bond motifs is 3. The molecule has 0 radical (unpaired) electrons. The first kappa shape index (κ1) is 44.1. The lowest BCUT2D eigenvalue weighted by molar-refractivity contribution is -0.143. The fourth-order valence-electron chi connectivity index (χ4n) is 9.56. The summed E-state index contributed by atoms with van der Waals surface area (Å²) in [5.41, 5.74) is 0.114. The van der Waals surface area contributed by atoms with Crippen LogP contribution in [0, 0.1) is 23.2 Å². The minimum Gasteiger partial charge on any atom is -0.470 e. The molecule has 64 heavy (non-hydrogen) atoms. The van der Waals surface area contributed by atoms with E-state index in [1.54, 1.807) is 35.2 Å². The van der Waals surface area contributed by atoms with Crippen LogP contribution in [0.15, 0.2) is 71.0 Å². The molecule has 4 aliphatic rings. The first-order chi connectivity index (χ1) is 30.5. The number of amides is 2. The SMILES string of the molecule is C=C[C@@H]1C[C@]1(CC(=O)[C@@H]1C[C@@H](Oc2nc(-c3ccc(C(F)(F)F)cc3)nc3c2oc2ccccc23)CN1C(=O)[C@@H](Cc1nc(C(C)C)cs1)C1CCCCC1)C(=O)NS(=O)(=O)C1CC1. The Balaban J connectivity index is 1.07. The van der Waals surface area contributed by atoms with Crippen LogP contribution in [0.3, 0.4) is 0 Å². The molecule has 0 bridgehead atoms. The van der Waals surface area contributed by atoms with Crippen LogP contribution in [-0.4, -0.2) is 69.8 Å². The van der Waals surface area contributed by atoms with Gasteiger partial charge in [0.2, 0.25) is 27.4 Å². The number of alkyl halides is 3. The molecule has 4 fully saturated rings. The number of carbonyl (C=O) groups excluding carboxylic acids is 3. The van der Waals surface area contributed by atoms with Gasteiger partial charge in [0, 0.05) is 41.5 Å². The van der Waals surface area contributed by atoms with Crippen molar-refractivity contribution in [1.29, 1.82) is 0 Å². The summed E-state index contributed by atoms with van der Waals surface area (Å²) in [6.45, 7) is 7.98. The summed E-state index contributed by atoms with van der Waals surface area (Å²) in [5.74, 6) is -1.96. The van der Waals surface area contributed by atoms with E-state index >= 15 is 4.79 Å². The molecular formula is C47H50F3N5O7S2. The molecule has 9 rings (SSSR count). The third-order valence-corrected chi connectivity index (χ3v) is 16.2. The van der Waals surface area contributed by atoms with Crippen LogP contribution in [-0.2, 0) is 37.0 Å². The fourth-order valence-corrected chi connectivity index (χ4v) is 12.0. The van der Waals surface area contributed by atoms with E-state index in [1.807, 2.05) is 5.38 Å². The van der Waals surface area contributed by atoms with Crippen LogP contribution in [0.5, 0.6) is 5.88 Å². The van der Waals surface area contributed by atoms with E-state index in [2.05, 4.69) is 30.1 Å². The first-order valence-corrected chi connectivity index (χ1v) is 24.5. The number of carbonyl (C=O) groups is 3. The van der Waals surface area contributed by atoms with Crippen molar-refractivity contribution in [2.75, 3.05) is 6.54 Å². The molecule has 3 aromatic heterocycles. The van der Waals surface area contributed by atoms with Gasteiger partial charge < -0.3 is 14.1 Å². The molecular weight excluding hydrogens is 868 g/mol. The number of ketones is 1. The predicted molar refractivity (Wildman–Crippen MR) is 235 cm³/mol. The molecule has 1 saturated heterocycles. The van der Waals surface area contributed by atoms with Crippen LogP contribution < -0.4 is 9.46 Å². The Morgan fingerprint density at radius 1 is 1.03 bits per heavy atom. The second-order valence-corrected chi connectivity index (χ2v) is 21.1. The number of hydrogen-bond acceptors (Lipinski definition) is 11. The number of likely N-dealkylation sites (tertiary alicyclic amines) is 1. The van der Waals surface area contributed by atoms with Gasteiger partial charge in [-0.1, -0.05) is 63.5 Å². The molecule has 5 atom stereocenters. The Morgan fingerprint density at radius 3 is 2.42 bits per heavy atom. The van der Waals surface area contributed by atoms with Gasteiger partial charge in [-0.05, 0) is 74.1 Å². The second-order valence-electron chi connectivity index (χ2n) is 18.2. The van der Waals surface area contributed by atoms with Crippen molar-refractivity contribution in [2.24, 2.45) is 23.2 Å². The number of para-hydroxylation sites is 1. The van der Waals surface area contributed by atoms with Gasteiger partial charge in [0.1, 0.15) is 17.2 Å². The Kier molecular flexibility index (Phi) is 11.7. The first-order valence-electron chi connectivity index (χ1n) is 22.0. The van der Waals surface area contributed by atoms with Gasteiger partial charge in [0.25, 0.3) is 5.88 Å². The Morgan fingerprint density at radius 2 is 1.77 bits per heavy atom. The molecule has 17 heteroatoms. The van der Waals surface area contributed by atoms with Gasteiger partial charge in [-0.2, -0.15) is 18.2 Å². The molecule has 0 spiro atoms. The number of hydrogen-bond donors (Lipinski definition) is 1. The smallest absolute Gasteiger partial charge is 0.416 e. The summed E-state index contributed by atoms with van der Waals surface area (Å²) in [4.78, 5) is 59.8. The summed E-state index contributed by atoms with van der Waals surface area (Å²) in [6, 6.07) is 10.6. The summed E-state index contributed by atoms with van der Waals surface area (Å²) in [7, 11) is -3.91. The molecule has 2 aromatic carbocycles. The molecule has 1 aliphatic heterocycles. The van der Waals surface area contributed by atoms with Crippen molar-refractivity contribution in [1.82, 2.24) is 24.6 Å². The van der Waals surface area contributed by atoms with Crippen LogP contribution in [0.1, 0.15) is 100 Å². The molecule has 3 aliphatic carbocycles. The van der Waals surface area contributed by atoms with Crippen molar-refractivity contribution in [3.05, 3.63) is 82.8 Å². The highest BCUT2D eigenvalue weighted by Gasteiger charge is 2.61.